The molecule has 2 heterocycles. The molecule has 0 saturated carbocycles. The van der Waals surface area contributed by atoms with Crippen LogP contribution in [-0.2, 0) is 9.84 Å². The van der Waals surface area contributed by atoms with E-state index in [1.54, 1.807) is 54.6 Å². The molecule has 1 aliphatic rings. The standard InChI is InChI=1S/2C22H20N2.C17H15NO2.C15H17NO2S/c1-14(2)16-8-10-19-18-11-9-17(23)13-20(18)22(24-21(19)12-16)15-6-4-3-5-7-15;1-14(2)16-8-10-18-19-11-9-17(23)13-21(19)24-22(20(18)12-16)15-6-4-3-5-7-15;1-9(2)10-7-8-13(18)15-14(10)16(19)11-5-3-4-6-12(11)17(15)20;1-11(2)12-3-7-14(8-4-12)19(17,18)15-9-5-13(16)6-10-15/h2*3-14H,23H2,1-2H3;3-9H,18H2,1-2H3;3-11H,16H2,1-2H3. The smallest absolute Gasteiger partial charge is 0.206 e. The predicted octanol–water partition coefficient (Wildman–Crippen LogP) is 17.9. The Morgan fingerprint density at radius 2 is 0.747 bits per heavy atom. The monoisotopic (exact) mass is 1160 g/mol. The van der Waals surface area contributed by atoms with E-state index in [0.717, 1.165) is 66.8 Å². The van der Waals surface area contributed by atoms with Crippen molar-refractivity contribution in [3.63, 3.8) is 0 Å². The summed E-state index contributed by atoms with van der Waals surface area (Å²) in [7, 11) is -3.45. The van der Waals surface area contributed by atoms with Gasteiger partial charge in [0.2, 0.25) is 9.84 Å². The van der Waals surface area contributed by atoms with Crippen molar-refractivity contribution in [2.75, 3.05) is 22.9 Å². The molecule has 2 aromatic heterocycles. The molecule has 8 N–H and O–H groups in total. The lowest BCUT2D eigenvalue weighted by Gasteiger charge is -2.23. The summed E-state index contributed by atoms with van der Waals surface area (Å²) in [5, 5.41) is 7.05. The Kier molecular flexibility index (Phi) is 17.5. The van der Waals surface area contributed by atoms with E-state index in [1.165, 1.54) is 44.8 Å². The number of anilines is 4. The molecule has 0 fully saturated rings. The highest BCUT2D eigenvalue weighted by Gasteiger charge is 2.33. The van der Waals surface area contributed by atoms with Crippen LogP contribution in [0.15, 0.2) is 228 Å². The van der Waals surface area contributed by atoms with Crippen molar-refractivity contribution in [1.29, 1.82) is 0 Å². The molecule has 0 saturated heterocycles. The highest BCUT2D eigenvalue weighted by molar-refractivity contribution is 7.91. The summed E-state index contributed by atoms with van der Waals surface area (Å²) in [4.78, 5) is 35.9. The van der Waals surface area contributed by atoms with Crippen LogP contribution in [0.4, 0.5) is 22.7 Å². The SMILES string of the molecule is CC(C)c1ccc(N)c2c1C(=O)c1ccccc1C2=O.CC(C)c1ccc(S(=O)(=O)c2ccc(N)cc2)cc1.CC(C)c1ccc2c(c1)c(-c1ccccc1)nc1cc(N)ccc12.CC(C)c1ccc2c(c1)nc(-c1ccccc1)c1cc(N)ccc12. The van der Waals surface area contributed by atoms with Crippen LogP contribution in [0.3, 0.4) is 0 Å². The quantitative estimate of drug-likeness (QED) is 0.0839. The molecular formula is C76H72N6O4S. The van der Waals surface area contributed by atoms with Gasteiger partial charge in [-0.3, -0.25) is 9.59 Å². The molecule has 0 aliphatic heterocycles. The number of nitrogens with two attached hydrogens (primary N) is 4. The molecule has 0 bridgehead atoms. The van der Waals surface area contributed by atoms with Gasteiger partial charge in [-0.05, 0) is 136 Å². The van der Waals surface area contributed by atoms with Crippen LogP contribution >= 0.6 is 0 Å². The van der Waals surface area contributed by atoms with Gasteiger partial charge >= 0.3 is 0 Å². The molecule has 0 unspecified atom stereocenters. The molecule has 10 aromatic carbocycles. The van der Waals surface area contributed by atoms with E-state index in [9.17, 15) is 18.0 Å². The number of rotatable bonds is 8. The van der Waals surface area contributed by atoms with Crippen LogP contribution in [0.2, 0.25) is 0 Å². The molecule has 0 amide bonds. The highest BCUT2D eigenvalue weighted by atomic mass is 32.2. The van der Waals surface area contributed by atoms with Gasteiger partial charge in [-0.25, -0.2) is 18.4 Å². The third kappa shape index (κ3) is 12.6. The molecule has 0 radical (unpaired) electrons. The van der Waals surface area contributed by atoms with Crippen molar-refractivity contribution in [2.24, 2.45) is 0 Å². The Morgan fingerprint density at radius 3 is 1.26 bits per heavy atom. The number of benzene rings is 10. The van der Waals surface area contributed by atoms with Gasteiger partial charge in [0.1, 0.15) is 0 Å². The van der Waals surface area contributed by atoms with Gasteiger partial charge in [-0.2, -0.15) is 0 Å². The number of nitrogen functional groups attached to an aromatic ring is 4. The van der Waals surface area contributed by atoms with Crippen LogP contribution in [0.1, 0.15) is 133 Å². The number of carbonyl (C=O) groups is 2. The topological polar surface area (TPSA) is 198 Å². The van der Waals surface area contributed by atoms with E-state index in [1.807, 2.05) is 80.6 Å². The van der Waals surface area contributed by atoms with Crippen molar-refractivity contribution in [1.82, 2.24) is 9.97 Å². The van der Waals surface area contributed by atoms with Crippen LogP contribution in [0.5, 0.6) is 0 Å². The zero-order valence-corrected chi connectivity index (χ0v) is 51.2. The number of aromatic nitrogens is 2. The molecule has 0 atom stereocenters. The Balaban J connectivity index is 0.000000129. The largest absolute Gasteiger partial charge is 0.399 e. The highest BCUT2D eigenvalue weighted by Crippen LogP contribution is 2.39. The fourth-order valence-corrected chi connectivity index (χ4v) is 12.3. The Labute approximate surface area is 509 Å². The summed E-state index contributed by atoms with van der Waals surface area (Å²) in [6.07, 6.45) is 0. The van der Waals surface area contributed by atoms with Gasteiger partial charge in [0, 0.05) is 72.1 Å². The number of ketones is 2. The van der Waals surface area contributed by atoms with Gasteiger partial charge in [0.25, 0.3) is 0 Å². The molecular weight excluding hydrogens is 1090 g/mol. The van der Waals surface area contributed by atoms with Crippen LogP contribution in [0.25, 0.3) is 65.9 Å². The average Bonchev–Trinajstić information content (AvgIpc) is 1.02. The second kappa shape index (κ2) is 25.3. The maximum Gasteiger partial charge on any atom is 0.206 e. The van der Waals surface area contributed by atoms with E-state index in [0.29, 0.717) is 56.3 Å². The molecule has 87 heavy (non-hydrogen) atoms. The fraction of sp³-hybridized carbons (Fsp3) is 0.158. The lowest BCUT2D eigenvalue weighted by molar-refractivity contribution is 0.0978. The molecule has 10 nitrogen and oxygen atoms in total. The van der Waals surface area contributed by atoms with Crippen molar-refractivity contribution in [3.8, 4) is 22.5 Å². The number of nitrogens with zero attached hydrogens (tertiary/aromatic N) is 2. The first-order valence-electron chi connectivity index (χ1n) is 29.4. The summed E-state index contributed by atoms with van der Waals surface area (Å²) in [6, 6.07) is 69.8. The lowest BCUT2D eigenvalue weighted by atomic mass is 9.79. The molecule has 436 valence electrons. The fourth-order valence-electron chi connectivity index (χ4n) is 11.0. The number of pyridine rings is 2. The second-order valence-corrected chi connectivity index (χ2v) is 25.2. The minimum atomic E-state index is -3.45. The van der Waals surface area contributed by atoms with E-state index in [2.05, 4.69) is 126 Å². The maximum atomic E-state index is 12.7. The summed E-state index contributed by atoms with van der Waals surface area (Å²) < 4.78 is 24.8. The van der Waals surface area contributed by atoms with Crippen molar-refractivity contribution in [3.05, 3.63) is 263 Å². The molecule has 1 aliphatic carbocycles. The Bertz CT molecular complexity index is 4660. The van der Waals surface area contributed by atoms with E-state index < -0.39 is 9.84 Å². The molecule has 11 heteroatoms. The zero-order chi connectivity index (χ0) is 61.8. The predicted molar refractivity (Wildman–Crippen MR) is 361 cm³/mol. The van der Waals surface area contributed by atoms with Crippen LogP contribution in [-0.4, -0.2) is 30.0 Å². The lowest BCUT2D eigenvalue weighted by Crippen LogP contribution is -2.24. The van der Waals surface area contributed by atoms with Crippen molar-refractivity contribution in [2.45, 2.75) is 88.9 Å². The first-order chi connectivity index (χ1) is 41.7. The first-order valence-corrected chi connectivity index (χ1v) is 30.9. The minimum absolute atomic E-state index is 0.105. The molecule has 13 rings (SSSR count). The second-order valence-electron chi connectivity index (χ2n) is 23.3. The van der Waals surface area contributed by atoms with Gasteiger partial charge in [0.15, 0.2) is 11.6 Å². The van der Waals surface area contributed by atoms with Crippen molar-refractivity contribution >= 4 is 87.5 Å². The van der Waals surface area contributed by atoms with Gasteiger partial charge in [0.05, 0.1) is 37.8 Å². The van der Waals surface area contributed by atoms with Gasteiger partial charge < -0.3 is 22.9 Å². The summed E-state index contributed by atoms with van der Waals surface area (Å²) in [5.74, 6) is 1.25. The number of fused-ring (bicyclic) bond motifs is 8. The molecule has 12 aromatic rings. The van der Waals surface area contributed by atoms with Crippen LogP contribution < -0.4 is 22.9 Å². The summed E-state index contributed by atoms with van der Waals surface area (Å²) in [5.41, 5.74) is 38.6. The Hall–Kier alpha value is -9.97. The summed E-state index contributed by atoms with van der Waals surface area (Å²) >= 11 is 0. The third-order valence-electron chi connectivity index (χ3n) is 15.9. The number of hydrogen-bond donors (Lipinski definition) is 4. The first kappa shape index (κ1) is 60.2. The van der Waals surface area contributed by atoms with Gasteiger partial charge in [-0.15, -0.1) is 0 Å². The summed E-state index contributed by atoms with van der Waals surface area (Å²) in [6.45, 7) is 17.0. The number of carbonyl (C=O) groups excluding carboxylic acids is 2. The third-order valence-corrected chi connectivity index (χ3v) is 17.7. The Morgan fingerprint density at radius 1 is 0.345 bits per heavy atom. The van der Waals surface area contributed by atoms with E-state index in [4.69, 9.17) is 32.9 Å². The minimum Gasteiger partial charge on any atom is -0.399 e. The number of sulfone groups is 1. The zero-order valence-electron chi connectivity index (χ0n) is 50.3. The van der Waals surface area contributed by atoms with Crippen molar-refractivity contribution < 1.29 is 18.0 Å². The maximum absolute atomic E-state index is 12.7. The normalized spacial score (nSPS) is 12.0. The number of hydrogen-bond acceptors (Lipinski definition) is 10. The van der Waals surface area contributed by atoms with E-state index >= 15 is 0 Å². The van der Waals surface area contributed by atoms with Gasteiger partial charge in [-0.1, -0.05) is 195 Å². The average molecular weight is 1170 g/mol. The molecule has 0 spiro atoms. The van der Waals surface area contributed by atoms with Crippen LogP contribution in [0, 0.1) is 0 Å². The van der Waals surface area contributed by atoms with E-state index in [-0.39, 0.29) is 22.4 Å².